The Kier molecular flexibility index (Phi) is 5.85. The van der Waals surface area contributed by atoms with Gasteiger partial charge in [0, 0.05) is 7.05 Å². The Balaban J connectivity index is 2.03. The van der Waals surface area contributed by atoms with Crippen LogP contribution in [0, 0.1) is 11.6 Å². The number of hydrogen-bond acceptors (Lipinski definition) is 7. The molecule has 0 atom stereocenters. The fourth-order valence-corrected chi connectivity index (χ4v) is 2.66. The fourth-order valence-electron chi connectivity index (χ4n) is 2.66. The summed E-state index contributed by atoms with van der Waals surface area (Å²) in [6.45, 7) is 1.37. The normalized spacial score (nSPS) is 11.3. The first-order valence-electron chi connectivity index (χ1n) is 8.60. The lowest BCUT2D eigenvalue weighted by Gasteiger charge is -2.11. The highest BCUT2D eigenvalue weighted by Gasteiger charge is 2.16. The van der Waals surface area contributed by atoms with Gasteiger partial charge in [0.2, 0.25) is 0 Å². The van der Waals surface area contributed by atoms with Crippen molar-refractivity contribution in [3.8, 4) is 0 Å². The molecule has 3 aromatic rings. The van der Waals surface area contributed by atoms with Crippen molar-refractivity contribution in [1.82, 2.24) is 29.6 Å². The third-order valence-electron chi connectivity index (χ3n) is 4.16. The summed E-state index contributed by atoms with van der Waals surface area (Å²) in [5.74, 6) is -1.73. The minimum atomic E-state index is -1.03. The molecule has 3 N–H and O–H groups in total. The Hall–Kier alpha value is -3.05. The molecular weight excluding hydrogens is 372 g/mol. The van der Waals surface area contributed by atoms with E-state index in [0.29, 0.717) is 24.5 Å². The van der Waals surface area contributed by atoms with Gasteiger partial charge in [-0.25, -0.2) is 18.6 Å². The van der Waals surface area contributed by atoms with Crippen molar-refractivity contribution in [2.24, 2.45) is 12.8 Å². The number of rotatable bonds is 7. The summed E-state index contributed by atoms with van der Waals surface area (Å²) in [6, 6.07) is 3.29. The molecule has 2 heterocycles. The molecule has 9 nitrogen and oxygen atoms in total. The first kappa shape index (κ1) is 19.7. The number of nitrogens with zero attached hydrogens (tertiary/aromatic N) is 5. The highest BCUT2D eigenvalue weighted by Crippen LogP contribution is 2.11. The average molecular weight is 391 g/mol. The predicted octanol–water partition coefficient (Wildman–Crippen LogP) is -0.350. The van der Waals surface area contributed by atoms with Crippen molar-refractivity contribution in [2.75, 3.05) is 13.1 Å². The number of halogens is 2. The van der Waals surface area contributed by atoms with Crippen LogP contribution in [0.15, 0.2) is 27.8 Å². The highest BCUT2D eigenvalue weighted by atomic mass is 19.2. The van der Waals surface area contributed by atoms with Gasteiger partial charge < -0.3 is 11.1 Å². The summed E-state index contributed by atoms with van der Waals surface area (Å²) in [6.07, 6.45) is 0.774. The van der Waals surface area contributed by atoms with Crippen molar-refractivity contribution < 1.29 is 8.78 Å². The lowest BCUT2D eigenvalue weighted by atomic mass is 10.2. The van der Waals surface area contributed by atoms with E-state index in [0.717, 1.165) is 27.7 Å². The van der Waals surface area contributed by atoms with E-state index >= 15 is 0 Å². The van der Waals surface area contributed by atoms with Crippen molar-refractivity contribution in [2.45, 2.75) is 19.5 Å². The molecule has 28 heavy (non-hydrogen) atoms. The minimum absolute atomic E-state index is 0.0245. The van der Waals surface area contributed by atoms with E-state index in [-0.39, 0.29) is 24.3 Å². The van der Waals surface area contributed by atoms with Crippen LogP contribution in [0.1, 0.15) is 17.8 Å². The molecule has 0 saturated carbocycles. The summed E-state index contributed by atoms with van der Waals surface area (Å²) in [5, 5.41) is 11.0. The Morgan fingerprint density at radius 2 is 1.96 bits per heavy atom. The Bertz CT molecular complexity index is 1130. The van der Waals surface area contributed by atoms with E-state index < -0.39 is 22.9 Å². The Morgan fingerprint density at radius 1 is 1.18 bits per heavy atom. The van der Waals surface area contributed by atoms with Crippen molar-refractivity contribution in [3.05, 3.63) is 62.1 Å². The molecule has 0 aliphatic heterocycles. The molecule has 0 aliphatic carbocycles. The fraction of sp³-hybridized carbons (Fsp3) is 0.353. The number of nitrogens with two attached hydrogens (primary N) is 1. The van der Waals surface area contributed by atoms with Gasteiger partial charge in [-0.3, -0.25) is 13.9 Å². The van der Waals surface area contributed by atoms with E-state index in [4.69, 9.17) is 5.73 Å². The van der Waals surface area contributed by atoms with Gasteiger partial charge in [0.15, 0.2) is 28.6 Å². The maximum Gasteiger partial charge on any atom is 0.332 e. The van der Waals surface area contributed by atoms with Gasteiger partial charge in [0.05, 0.1) is 13.1 Å². The van der Waals surface area contributed by atoms with E-state index in [1.54, 1.807) is 0 Å². The second-order valence-corrected chi connectivity index (χ2v) is 6.20. The van der Waals surface area contributed by atoms with Crippen LogP contribution in [0.4, 0.5) is 8.78 Å². The van der Waals surface area contributed by atoms with Crippen LogP contribution >= 0.6 is 0 Å². The van der Waals surface area contributed by atoms with Gasteiger partial charge in [-0.2, -0.15) is 0 Å². The number of nitrogens with one attached hydrogen (secondary N) is 1. The molecule has 11 heteroatoms. The second kappa shape index (κ2) is 8.31. The molecule has 0 amide bonds. The number of aromatic nitrogens is 5. The van der Waals surface area contributed by atoms with Crippen LogP contribution in [0.2, 0.25) is 0 Å². The lowest BCUT2D eigenvalue weighted by Crippen LogP contribution is -2.39. The van der Waals surface area contributed by atoms with Crippen LogP contribution in [0.3, 0.4) is 0 Å². The Labute approximate surface area is 157 Å². The third-order valence-corrected chi connectivity index (χ3v) is 4.16. The molecular formula is C17H19F2N7O2. The zero-order valence-electron chi connectivity index (χ0n) is 15.2. The van der Waals surface area contributed by atoms with Crippen molar-refractivity contribution >= 4 is 11.2 Å². The first-order valence-corrected chi connectivity index (χ1v) is 8.60. The molecule has 0 unspecified atom stereocenters. The molecule has 2 aromatic heterocycles. The van der Waals surface area contributed by atoms with Crippen molar-refractivity contribution in [3.63, 3.8) is 0 Å². The van der Waals surface area contributed by atoms with E-state index in [9.17, 15) is 18.4 Å². The van der Waals surface area contributed by atoms with Gasteiger partial charge in [-0.1, -0.05) is 6.07 Å². The molecule has 1 aromatic carbocycles. The zero-order valence-corrected chi connectivity index (χ0v) is 15.2. The van der Waals surface area contributed by atoms with E-state index in [1.165, 1.54) is 13.1 Å². The molecule has 0 radical (unpaired) electrons. The van der Waals surface area contributed by atoms with Crippen LogP contribution in [-0.4, -0.2) is 37.4 Å². The van der Waals surface area contributed by atoms with Gasteiger partial charge in [0.1, 0.15) is 0 Å². The maximum atomic E-state index is 13.5. The predicted molar refractivity (Wildman–Crippen MR) is 97.7 cm³/mol. The second-order valence-electron chi connectivity index (χ2n) is 6.20. The van der Waals surface area contributed by atoms with Crippen LogP contribution in [-0.2, 0) is 20.1 Å². The highest BCUT2D eigenvalue weighted by molar-refractivity contribution is 5.68. The van der Waals surface area contributed by atoms with Gasteiger partial charge in [-0.05, 0) is 37.2 Å². The summed E-state index contributed by atoms with van der Waals surface area (Å²) in [4.78, 5) is 29.2. The number of benzene rings is 1. The molecule has 148 valence electrons. The molecule has 0 bridgehead atoms. The summed E-state index contributed by atoms with van der Waals surface area (Å²) in [5.41, 5.74) is 4.43. The average Bonchev–Trinajstić information content (AvgIpc) is 2.69. The van der Waals surface area contributed by atoms with Gasteiger partial charge in [0.25, 0.3) is 5.56 Å². The monoisotopic (exact) mass is 391 g/mol. The zero-order chi connectivity index (χ0) is 20.3. The topological polar surface area (TPSA) is 121 Å². The number of hydrogen-bond donors (Lipinski definition) is 2. The molecule has 0 saturated heterocycles. The van der Waals surface area contributed by atoms with E-state index in [2.05, 4.69) is 20.5 Å². The van der Waals surface area contributed by atoms with E-state index in [1.807, 2.05) is 0 Å². The minimum Gasteiger partial charge on any atom is -0.330 e. The van der Waals surface area contributed by atoms with Crippen LogP contribution in [0.5, 0.6) is 0 Å². The van der Waals surface area contributed by atoms with Crippen LogP contribution in [0.25, 0.3) is 11.2 Å². The largest absolute Gasteiger partial charge is 0.332 e. The summed E-state index contributed by atoms with van der Waals surface area (Å²) in [7, 11) is 1.31. The number of fused-ring (bicyclic) bond motifs is 1. The maximum absolute atomic E-state index is 13.5. The Morgan fingerprint density at radius 3 is 2.68 bits per heavy atom. The van der Waals surface area contributed by atoms with Gasteiger partial charge in [-0.15, -0.1) is 10.2 Å². The molecule has 0 aliphatic rings. The quantitative estimate of drug-likeness (QED) is 0.528. The third kappa shape index (κ3) is 3.94. The molecule has 3 rings (SSSR count). The smallest absolute Gasteiger partial charge is 0.330 e. The molecule has 0 spiro atoms. The van der Waals surface area contributed by atoms with Gasteiger partial charge >= 0.3 is 5.69 Å². The first-order chi connectivity index (χ1) is 13.4. The SMILES string of the molecule is Cn1c(=O)c2nc(CNCCCN)nnc2n(Cc2ccc(F)c(F)c2)c1=O. The summed E-state index contributed by atoms with van der Waals surface area (Å²) < 4.78 is 28.7. The van der Waals surface area contributed by atoms with Crippen molar-refractivity contribution in [1.29, 1.82) is 0 Å². The lowest BCUT2D eigenvalue weighted by molar-refractivity contribution is 0.506. The summed E-state index contributed by atoms with van der Waals surface area (Å²) >= 11 is 0. The molecule has 0 fully saturated rings. The standard InChI is InChI=1S/C17H19F2N7O2/c1-25-16(27)14-15(24-23-13(22-14)8-21-6-2-5-20)26(17(25)28)9-10-3-4-11(18)12(19)7-10/h3-4,7,21H,2,5-6,8-9,20H2,1H3. The van der Waals surface area contributed by atoms with Crippen LogP contribution < -0.4 is 22.3 Å².